The second-order valence-electron chi connectivity index (χ2n) is 3.51. The van der Waals surface area contributed by atoms with Gasteiger partial charge in [0.05, 0.1) is 10.6 Å². The number of halogens is 2. The number of carbonyl (C=O) groups is 1. The summed E-state index contributed by atoms with van der Waals surface area (Å²) in [6.45, 7) is -0.482. The zero-order valence-corrected chi connectivity index (χ0v) is 11.8. The van der Waals surface area contributed by atoms with Crippen molar-refractivity contribution >= 4 is 33.5 Å². The standard InChI is InChI=1S/C11H8BrClN2O4/c12-6-1-2-7(8(13)3-6)11-15-14-9(19-11)4-18-5-10(16)17/h1-3H,4-5H2,(H,16,17). The first-order chi connectivity index (χ1) is 9.06. The molecule has 0 radical (unpaired) electrons. The van der Waals surface area contributed by atoms with E-state index >= 15 is 0 Å². The minimum absolute atomic E-state index is 0.0621. The highest BCUT2D eigenvalue weighted by Gasteiger charge is 2.12. The summed E-state index contributed by atoms with van der Waals surface area (Å²) in [6, 6.07) is 5.25. The van der Waals surface area contributed by atoms with Gasteiger partial charge in [-0.3, -0.25) is 0 Å². The molecule has 1 aromatic carbocycles. The first-order valence-electron chi connectivity index (χ1n) is 5.13. The minimum Gasteiger partial charge on any atom is -0.480 e. The van der Waals surface area contributed by atoms with Crippen molar-refractivity contribution in [1.82, 2.24) is 10.2 Å². The fraction of sp³-hybridized carbons (Fsp3) is 0.182. The maximum Gasteiger partial charge on any atom is 0.329 e. The average molecular weight is 348 g/mol. The van der Waals surface area contributed by atoms with Crippen LogP contribution in [0.4, 0.5) is 0 Å². The van der Waals surface area contributed by atoms with Gasteiger partial charge in [-0.2, -0.15) is 0 Å². The van der Waals surface area contributed by atoms with Crippen molar-refractivity contribution in [3.63, 3.8) is 0 Å². The molecule has 2 aromatic rings. The van der Waals surface area contributed by atoms with Crippen LogP contribution in [0.25, 0.3) is 11.5 Å². The molecular weight excluding hydrogens is 339 g/mol. The van der Waals surface area contributed by atoms with Gasteiger partial charge in [0, 0.05) is 4.47 Å². The number of carboxylic acids is 1. The number of carboxylic acid groups (broad SMARTS) is 1. The van der Waals surface area contributed by atoms with E-state index in [1.165, 1.54) is 0 Å². The number of rotatable bonds is 5. The average Bonchev–Trinajstić information content (AvgIpc) is 2.77. The summed E-state index contributed by atoms with van der Waals surface area (Å²) in [4.78, 5) is 10.3. The van der Waals surface area contributed by atoms with Crippen LogP contribution < -0.4 is 0 Å². The Labute approximate surface area is 121 Å². The van der Waals surface area contributed by atoms with Gasteiger partial charge in [-0.05, 0) is 18.2 Å². The predicted molar refractivity (Wildman–Crippen MR) is 69.7 cm³/mol. The third-order valence-corrected chi connectivity index (χ3v) is 2.89. The van der Waals surface area contributed by atoms with Gasteiger partial charge in [0.1, 0.15) is 13.2 Å². The van der Waals surface area contributed by atoms with Gasteiger partial charge in [-0.1, -0.05) is 27.5 Å². The number of hydrogen-bond donors (Lipinski definition) is 1. The highest BCUT2D eigenvalue weighted by Crippen LogP contribution is 2.29. The van der Waals surface area contributed by atoms with Crippen molar-refractivity contribution in [3.05, 3.63) is 33.6 Å². The molecule has 0 aliphatic heterocycles. The summed E-state index contributed by atoms with van der Waals surface area (Å²) in [7, 11) is 0. The molecule has 0 unspecified atom stereocenters. The summed E-state index contributed by atoms with van der Waals surface area (Å²) < 4.78 is 11.0. The number of nitrogens with zero attached hydrogens (tertiary/aromatic N) is 2. The summed E-state index contributed by atoms with van der Waals surface area (Å²) in [6.07, 6.45) is 0. The molecule has 6 nitrogen and oxygen atoms in total. The molecule has 1 heterocycles. The third-order valence-electron chi connectivity index (χ3n) is 2.08. The second kappa shape index (κ2) is 6.14. The van der Waals surface area contributed by atoms with Crippen LogP contribution in [0, 0.1) is 0 Å². The third kappa shape index (κ3) is 3.76. The molecule has 1 N–H and O–H groups in total. The fourth-order valence-corrected chi connectivity index (χ4v) is 2.06. The Morgan fingerprint density at radius 2 is 2.26 bits per heavy atom. The monoisotopic (exact) mass is 346 g/mol. The highest BCUT2D eigenvalue weighted by molar-refractivity contribution is 9.10. The second-order valence-corrected chi connectivity index (χ2v) is 4.83. The normalized spacial score (nSPS) is 10.6. The molecule has 0 fully saturated rings. The van der Waals surface area contributed by atoms with Crippen LogP contribution in [0.15, 0.2) is 27.1 Å². The van der Waals surface area contributed by atoms with E-state index in [0.717, 1.165) is 4.47 Å². The molecule has 1 aromatic heterocycles. The van der Waals surface area contributed by atoms with Crippen molar-refractivity contribution in [3.8, 4) is 11.5 Å². The van der Waals surface area contributed by atoms with Crippen molar-refractivity contribution < 1.29 is 19.1 Å². The van der Waals surface area contributed by atoms with Crippen LogP contribution in [0.3, 0.4) is 0 Å². The van der Waals surface area contributed by atoms with Gasteiger partial charge < -0.3 is 14.3 Å². The Balaban J connectivity index is 2.10. The molecule has 0 atom stereocenters. The molecule has 0 aliphatic rings. The first kappa shape index (κ1) is 14.0. The lowest BCUT2D eigenvalue weighted by atomic mass is 10.2. The van der Waals surface area contributed by atoms with Gasteiger partial charge in [0.15, 0.2) is 0 Å². The number of aliphatic carboxylic acids is 1. The summed E-state index contributed by atoms with van der Waals surface area (Å²) in [5.41, 5.74) is 0.599. The lowest BCUT2D eigenvalue weighted by molar-refractivity contribution is -0.142. The van der Waals surface area contributed by atoms with E-state index in [0.29, 0.717) is 10.6 Å². The SMILES string of the molecule is O=C(O)COCc1nnc(-c2ccc(Br)cc2Cl)o1. The van der Waals surface area contributed by atoms with E-state index in [-0.39, 0.29) is 18.4 Å². The van der Waals surface area contributed by atoms with Crippen molar-refractivity contribution in [1.29, 1.82) is 0 Å². The Morgan fingerprint density at radius 1 is 1.47 bits per heavy atom. The Bertz CT molecular complexity index is 602. The molecule has 0 saturated heterocycles. The molecule has 0 bridgehead atoms. The molecule has 8 heteroatoms. The molecule has 0 amide bonds. The lowest BCUT2D eigenvalue weighted by Crippen LogP contribution is -2.06. The van der Waals surface area contributed by atoms with Crippen molar-refractivity contribution in [2.24, 2.45) is 0 Å². The zero-order chi connectivity index (χ0) is 13.8. The highest BCUT2D eigenvalue weighted by atomic mass is 79.9. The Kier molecular flexibility index (Phi) is 4.52. The molecule has 19 heavy (non-hydrogen) atoms. The van der Waals surface area contributed by atoms with E-state index in [1.54, 1.807) is 18.2 Å². The molecule has 0 spiro atoms. The van der Waals surface area contributed by atoms with Crippen LogP contribution in [-0.4, -0.2) is 27.9 Å². The van der Waals surface area contributed by atoms with Gasteiger partial charge in [-0.25, -0.2) is 4.79 Å². The van der Waals surface area contributed by atoms with E-state index < -0.39 is 12.6 Å². The lowest BCUT2D eigenvalue weighted by Gasteiger charge is -1.99. The number of ether oxygens (including phenoxy) is 1. The molecule has 100 valence electrons. The topological polar surface area (TPSA) is 85.5 Å². The van der Waals surface area contributed by atoms with E-state index in [9.17, 15) is 4.79 Å². The predicted octanol–water partition coefficient (Wildman–Crippen LogP) is 2.75. The van der Waals surface area contributed by atoms with E-state index in [4.69, 9.17) is 25.9 Å². The summed E-state index contributed by atoms with van der Waals surface area (Å²) >= 11 is 9.35. The van der Waals surface area contributed by atoms with Gasteiger partial charge in [-0.15, -0.1) is 10.2 Å². The number of hydrogen-bond acceptors (Lipinski definition) is 5. The van der Waals surface area contributed by atoms with Crippen LogP contribution in [-0.2, 0) is 16.1 Å². The number of benzene rings is 1. The maximum atomic E-state index is 10.3. The fourth-order valence-electron chi connectivity index (χ4n) is 1.31. The Hall–Kier alpha value is -1.44. The molecule has 2 rings (SSSR count). The molecule has 0 aliphatic carbocycles. The van der Waals surface area contributed by atoms with Crippen LogP contribution in [0.5, 0.6) is 0 Å². The maximum absolute atomic E-state index is 10.3. The zero-order valence-electron chi connectivity index (χ0n) is 9.47. The summed E-state index contributed by atoms with van der Waals surface area (Å²) in [5.74, 6) is -0.614. The van der Waals surface area contributed by atoms with Crippen LogP contribution in [0.2, 0.25) is 5.02 Å². The van der Waals surface area contributed by atoms with Gasteiger partial charge in [0.2, 0.25) is 11.8 Å². The van der Waals surface area contributed by atoms with Crippen molar-refractivity contribution in [2.75, 3.05) is 6.61 Å². The van der Waals surface area contributed by atoms with Gasteiger partial charge >= 0.3 is 5.97 Å². The van der Waals surface area contributed by atoms with Gasteiger partial charge in [0.25, 0.3) is 0 Å². The molecule has 0 saturated carbocycles. The van der Waals surface area contributed by atoms with E-state index in [2.05, 4.69) is 26.1 Å². The van der Waals surface area contributed by atoms with Crippen molar-refractivity contribution in [2.45, 2.75) is 6.61 Å². The Morgan fingerprint density at radius 3 is 2.95 bits per heavy atom. The van der Waals surface area contributed by atoms with E-state index in [1.807, 2.05) is 0 Å². The number of aromatic nitrogens is 2. The van der Waals surface area contributed by atoms with Crippen LogP contribution in [0.1, 0.15) is 5.89 Å². The smallest absolute Gasteiger partial charge is 0.329 e. The first-order valence-corrected chi connectivity index (χ1v) is 6.30. The largest absolute Gasteiger partial charge is 0.480 e. The summed E-state index contributed by atoms with van der Waals surface area (Å²) in [5, 5.41) is 16.5. The minimum atomic E-state index is -1.06. The quantitative estimate of drug-likeness (QED) is 0.895. The van der Waals surface area contributed by atoms with Crippen LogP contribution >= 0.6 is 27.5 Å². The molecular formula is C11H8BrClN2O4.